The Hall–Kier alpha value is -1.31. The molecule has 1 aliphatic carbocycles. The van der Waals surface area contributed by atoms with Crippen molar-refractivity contribution in [2.24, 2.45) is 5.92 Å². The highest BCUT2D eigenvalue weighted by Gasteiger charge is 2.18. The van der Waals surface area contributed by atoms with Crippen LogP contribution in [0.5, 0.6) is 0 Å². The molecule has 0 saturated heterocycles. The van der Waals surface area contributed by atoms with Gasteiger partial charge in [-0.05, 0) is 55.9 Å². The van der Waals surface area contributed by atoms with Crippen molar-refractivity contribution in [2.45, 2.75) is 39.7 Å². The predicted molar refractivity (Wildman–Crippen MR) is 66.5 cm³/mol. The zero-order valence-corrected chi connectivity index (χ0v) is 10.0. The van der Waals surface area contributed by atoms with Crippen molar-refractivity contribution in [3.8, 4) is 0 Å². The van der Waals surface area contributed by atoms with E-state index in [-0.39, 0.29) is 0 Å². The smallest absolute Gasteiger partial charge is 0.0958 e. The molecule has 0 atom stereocenters. The molecule has 1 saturated carbocycles. The van der Waals surface area contributed by atoms with Crippen molar-refractivity contribution in [2.75, 3.05) is 0 Å². The average Bonchev–Trinajstić information content (AvgIpc) is 2.56. The first kappa shape index (κ1) is 9.88. The second kappa shape index (κ2) is 3.62. The maximum absolute atomic E-state index is 4.50. The number of hydrogen-bond acceptors (Lipinski definition) is 1. The summed E-state index contributed by atoms with van der Waals surface area (Å²) < 4.78 is 2.33. The average molecular weight is 214 g/mol. The molecule has 1 heterocycles. The lowest BCUT2D eigenvalue weighted by atomic mass is 9.85. The lowest BCUT2D eigenvalue weighted by molar-refractivity contribution is 0.279. The van der Waals surface area contributed by atoms with Gasteiger partial charge in [-0.3, -0.25) is 0 Å². The summed E-state index contributed by atoms with van der Waals surface area (Å²) in [5.41, 5.74) is 5.14. The summed E-state index contributed by atoms with van der Waals surface area (Å²) >= 11 is 0. The van der Waals surface area contributed by atoms with Crippen molar-refractivity contribution in [1.29, 1.82) is 0 Å². The molecule has 1 aliphatic rings. The Bertz CT molecular complexity index is 521. The van der Waals surface area contributed by atoms with Gasteiger partial charge in [-0.1, -0.05) is 6.42 Å². The van der Waals surface area contributed by atoms with E-state index in [1.807, 2.05) is 6.33 Å². The number of nitrogens with zero attached hydrogens (tertiary/aromatic N) is 2. The minimum Gasteiger partial charge on any atom is -0.330 e. The predicted octanol–water partition coefficient (Wildman–Crippen LogP) is 3.45. The monoisotopic (exact) mass is 214 g/mol. The highest BCUT2D eigenvalue weighted by Crippen LogP contribution is 2.29. The van der Waals surface area contributed by atoms with Gasteiger partial charge < -0.3 is 4.57 Å². The van der Waals surface area contributed by atoms with Crippen LogP contribution in [0, 0.1) is 19.8 Å². The number of rotatable bonds is 2. The molecule has 1 aromatic heterocycles. The zero-order valence-electron chi connectivity index (χ0n) is 10.0. The van der Waals surface area contributed by atoms with Crippen LogP contribution >= 0.6 is 0 Å². The Morgan fingerprint density at radius 1 is 1.25 bits per heavy atom. The van der Waals surface area contributed by atoms with E-state index in [9.17, 15) is 0 Å². The van der Waals surface area contributed by atoms with Crippen molar-refractivity contribution in [3.63, 3.8) is 0 Å². The number of aromatic nitrogens is 2. The van der Waals surface area contributed by atoms with Gasteiger partial charge in [0.15, 0.2) is 0 Å². The summed E-state index contributed by atoms with van der Waals surface area (Å²) in [6.45, 7) is 5.48. The minimum atomic E-state index is 0.888. The molecule has 0 amide bonds. The molecule has 0 spiro atoms. The van der Waals surface area contributed by atoms with Crippen molar-refractivity contribution < 1.29 is 0 Å². The highest BCUT2D eigenvalue weighted by molar-refractivity contribution is 5.77. The molecular formula is C14H18N2. The van der Waals surface area contributed by atoms with Crippen molar-refractivity contribution in [1.82, 2.24) is 9.55 Å². The molecule has 2 aromatic rings. The van der Waals surface area contributed by atoms with E-state index in [1.54, 1.807) is 0 Å². The largest absolute Gasteiger partial charge is 0.330 e. The molecule has 0 radical (unpaired) electrons. The van der Waals surface area contributed by atoms with Gasteiger partial charge in [0, 0.05) is 6.54 Å². The van der Waals surface area contributed by atoms with E-state index in [1.165, 1.54) is 35.9 Å². The first-order valence-electron chi connectivity index (χ1n) is 6.16. The Balaban J connectivity index is 2.01. The summed E-state index contributed by atoms with van der Waals surface area (Å²) in [6.07, 6.45) is 6.20. The quantitative estimate of drug-likeness (QED) is 0.748. The molecular weight excluding hydrogens is 196 g/mol. The molecule has 0 unspecified atom stereocenters. The third-order valence-corrected chi connectivity index (χ3v) is 3.92. The fourth-order valence-corrected chi connectivity index (χ4v) is 2.41. The Kier molecular flexibility index (Phi) is 2.23. The zero-order chi connectivity index (χ0) is 11.1. The van der Waals surface area contributed by atoms with Crippen LogP contribution < -0.4 is 0 Å². The molecule has 2 nitrogen and oxygen atoms in total. The minimum absolute atomic E-state index is 0.888. The van der Waals surface area contributed by atoms with Crippen LogP contribution in [0.1, 0.15) is 30.4 Å². The number of hydrogen-bond donors (Lipinski definition) is 0. The molecule has 0 N–H and O–H groups in total. The normalized spacial score (nSPS) is 16.6. The highest BCUT2D eigenvalue weighted by atomic mass is 15.0. The molecule has 16 heavy (non-hydrogen) atoms. The molecule has 0 bridgehead atoms. The van der Waals surface area contributed by atoms with Gasteiger partial charge in [0.2, 0.25) is 0 Å². The maximum atomic E-state index is 4.50. The Labute approximate surface area is 96.3 Å². The van der Waals surface area contributed by atoms with Gasteiger partial charge in [0.25, 0.3) is 0 Å². The van der Waals surface area contributed by atoms with Crippen LogP contribution in [0.15, 0.2) is 18.5 Å². The first-order valence-corrected chi connectivity index (χ1v) is 6.16. The number of aryl methyl sites for hydroxylation is 2. The van der Waals surface area contributed by atoms with Crippen LogP contribution in [-0.4, -0.2) is 9.55 Å². The lowest BCUT2D eigenvalue weighted by Crippen LogP contribution is -2.17. The van der Waals surface area contributed by atoms with Gasteiger partial charge in [0.1, 0.15) is 0 Å². The fourth-order valence-electron chi connectivity index (χ4n) is 2.41. The summed E-state index contributed by atoms with van der Waals surface area (Å²) in [5, 5.41) is 0. The second-order valence-electron chi connectivity index (χ2n) is 5.12. The fraction of sp³-hybridized carbons (Fsp3) is 0.500. The van der Waals surface area contributed by atoms with Gasteiger partial charge in [-0.2, -0.15) is 0 Å². The molecule has 84 valence electrons. The third-order valence-electron chi connectivity index (χ3n) is 3.92. The van der Waals surface area contributed by atoms with Gasteiger partial charge in [-0.25, -0.2) is 4.98 Å². The summed E-state index contributed by atoms with van der Waals surface area (Å²) in [5.74, 6) is 0.888. The van der Waals surface area contributed by atoms with E-state index in [0.717, 1.165) is 18.0 Å². The second-order valence-corrected chi connectivity index (χ2v) is 5.12. The van der Waals surface area contributed by atoms with Crippen LogP contribution in [0.4, 0.5) is 0 Å². The standard InChI is InChI=1S/C14H18N2/c1-10-6-13-14(7-11(10)2)16(9-15-13)8-12-4-3-5-12/h6-7,9,12H,3-5,8H2,1-2H3. The van der Waals surface area contributed by atoms with Crippen LogP contribution in [-0.2, 0) is 6.54 Å². The third kappa shape index (κ3) is 1.53. The number of fused-ring (bicyclic) bond motifs is 1. The van der Waals surface area contributed by atoms with Crippen molar-refractivity contribution >= 4 is 11.0 Å². The lowest BCUT2D eigenvalue weighted by Gasteiger charge is -2.25. The topological polar surface area (TPSA) is 17.8 Å². The molecule has 0 aliphatic heterocycles. The van der Waals surface area contributed by atoms with Crippen LogP contribution in [0.2, 0.25) is 0 Å². The van der Waals surface area contributed by atoms with Crippen LogP contribution in [0.25, 0.3) is 11.0 Å². The van der Waals surface area contributed by atoms with Gasteiger partial charge >= 0.3 is 0 Å². The van der Waals surface area contributed by atoms with E-state index in [2.05, 4.69) is 35.5 Å². The van der Waals surface area contributed by atoms with Gasteiger partial charge in [0.05, 0.1) is 17.4 Å². The molecule has 3 rings (SSSR count). The van der Waals surface area contributed by atoms with Crippen LogP contribution in [0.3, 0.4) is 0 Å². The number of benzene rings is 1. The first-order chi connectivity index (χ1) is 7.74. The molecule has 2 heteroatoms. The van der Waals surface area contributed by atoms with E-state index < -0.39 is 0 Å². The summed E-state index contributed by atoms with van der Waals surface area (Å²) in [4.78, 5) is 4.50. The Morgan fingerprint density at radius 3 is 2.69 bits per heavy atom. The van der Waals surface area contributed by atoms with E-state index >= 15 is 0 Å². The summed E-state index contributed by atoms with van der Waals surface area (Å²) in [6, 6.07) is 4.47. The SMILES string of the molecule is Cc1cc2ncn(CC3CCC3)c2cc1C. The molecule has 1 aromatic carbocycles. The van der Waals surface area contributed by atoms with Crippen molar-refractivity contribution in [3.05, 3.63) is 29.6 Å². The van der Waals surface area contributed by atoms with E-state index in [4.69, 9.17) is 0 Å². The van der Waals surface area contributed by atoms with E-state index in [0.29, 0.717) is 0 Å². The summed E-state index contributed by atoms with van der Waals surface area (Å²) in [7, 11) is 0. The maximum Gasteiger partial charge on any atom is 0.0958 e. The molecule has 1 fully saturated rings. The Morgan fingerprint density at radius 2 is 2.00 bits per heavy atom. The van der Waals surface area contributed by atoms with Gasteiger partial charge in [-0.15, -0.1) is 0 Å². The number of imidazole rings is 1.